The van der Waals surface area contributed by atoms with Crippen LogP contribution in [-0.2, 0) is 16.1 Å². The quantitative estimate of drug-likeness (QED) is 0.658. The van der Waals surface area contributed by atoms with Gasteiger partial charge in [0.15, 0.2) is 5.78 Å². The molecule has 3 fully saturated rings. The van der Waals surface area contributed by atoms with Crippen LogP contribution in [-0.4, -0.2) is 11.9 Å². The van der Waals surface area contributed by atoms with Gasteiger partial charge in [-0.15, -0.1) is 0 Å². The summed E-state index contributed by atoms with van der Waals surface area (Å²) >= 11 is 0. The summed E-state index contributed by atoms with van der Waals surface area (Å²) in [4.78, 5) is 11.9. The number of hydrogen-bond acceptors (Lipinski definition) is 2. The molecular weight excluding hydrogens is 344 g/mol. The molecule has 2 nitrogen and oxygen atoms in total. The number of ether oxygens (including phenoxy) is 1. The lowest BCUT2D eigenvalue weighted by atomic mass is 9.48. The third-order valence-electron chi connectivity index (χ3n) is 8.76. The van der Waals surface area contributed by atoms with Crippen molar-refractivity contribution in [3.8, 4) is 0 Å². The van der Waals surface area contributed by atoms with Gasteiger partial charge in [0.2, 0.25) is 0 Å². The fourth-order valence-corrected chi connectivity index (χ4v) is 7.19. The maximum Gasteiger partial charge on any atom is 0.178 e. The van der Waals surface area contributed by atoms with Crippen molar-refractivity contribution in [2.75, 3.05) is 0 Å². The summed E-state index contributed by atoms with van der Waals surface area (Å²) < 4.78 is 6.52. The molecule has 0 aromatic heterocycles. The van der Waals surface area contributed by atoms with E-state index in [2.05, 4.69) is 50.3 Å². The number of benzene rings is 1. The van der Waals surface area contributed by atoms with E-state index in [1.165, 1.54) is 43.2 Å². The van der Waals surface area contributed by atoms with E-state index < -0.39 is 0 Å². The van der Waals surface area contributed by atoms with Gasteiger partial charge in [0.25, 0.3) is 0 Å². The number of fused-ring (bicyclic) bond motifs is 5. The molecule has 0 aliphatic heterocycles. The molecule has 28 heavy (non-hydrogen) atoms. The second-order valence-corrected chi connectivity index (χ2v) is 10.0. The van der Waals surface area contributed by atoms with Crippen molar-refractivity contribution in [1.82, 2.24) is 0 Å². The zero-order chi connectivity index (χ0) is 19.4. The SMILES string of the molecule is C[C@]12CC[C@H]3[C@@H](CCC4=CC(=O)C=C[C@@]43C)[C@H]1CC[C@@H]2OCc1ccccc1. The van der Waals surface area contributed by atoms with Crippen LogP contribution in [0.1, 0.15) is 57.9 Å². The Bertz CT molecular complexity index is 822. The topological polar surface area (TPSA) is 26.3 Å². The summed E-state index contributed by atoms with van der Waals surface area (Å²) in [6.45, 7) is 5.63. The standard InChI is InChI=1S/C26H32O2/c1-25-14-12-20(27)16-19(25)8-9-21-22-10-11-24(26(22,2)15-13-23(21)25)28-17-18-6-4-3-5-7-18/h3-7,12,14,16,21-24H,8-11,13,15,17H2,1-2H3/t21-,22+,23-,24-,25-,26-/m0/s1. The van der Waals surface area contributed by atoms with Gasteiger partial charge in [-0.3, -0.25) is 4.79 Å². The van der Waals surface area contributed by atoms with Crippen molar-refractivity contribution in [3.05, 3.63) is 59.7 Å². The van der Waals surface area contributed by atoms with Crippen LogP contribution < -0.4 is 0 Å². The molecule has 0 saturated heterocycles. The number of carbonyl (C=O) groups excluding carboxylic acids is 1. The third-order valence-corrected chi connectivity index (χ3v) is 8.76. The van der Waals surface area contributed by atoms with Crippen LogP contribution in [0.4, 0.5) is 0 Å². The highest BCUT2D eigenvalue weighted by Gasteiger charge is 2.58. The van der Waals surface area contributed by atoms with Crippen LogP contribution in [0, 0.1) is 28.6 Å². The van der Waals surface area contributed by atoms with Gasteiger partial charge in [0.1, 0.15) is 0 Å². The Kier molecular flexibility index (Phi) is 4.39. The van der Waals surface area contributed by atoms with E-state index in [-0.39, 0.29) is 11.2 Å². The monoisotopic (exact) mass is 376 g/mol. The van der Waals surface area contributed by atoms with Gasteiger partial charge < -0.3 is 4.74 Å². The maximum absolute atomic E-state index is 11.9. The Labute approximate surface area is 169 Å². The van der Waals surface area contributed by atoms with Crippen LogP contribution in [0.15, 0.2) is 54.1 Å². The molecule has 2 heteroatoms. The molecule has 3 saturated carbocycles. The first-order valence-electron chi connectivity index (χ1n) is 11.1. The fourth-order valence-electron chi connectivity index (χ4n) is 7.19. The summed E-state index contributed by atoms with van der Waals surface area (Å²) in [7, 11) is 0. The largest absolute Gasteiger partial charge is 0.373 e. The molecule has 6 atom stereocenters. The fraction of sp³-hybridized carbons (Fsp3) is 0.577. The second kappa shape index (κ2) is 6.69. The normalized spacial score (nSPS) is 41.8. The number of carbonyl (C=O) groups is 1. The summed E-state index contributed by atoms with van der Waals surface area (Å²) in [5.41, 5.74) is 3.07. The minimum atomic E-state index is 0.0984. The highest BCUT2D eigenvalue weighted by molar-refractivity contribution is 6.01. The van der Waals surface area contributed by atoms with Gasteiger partial charge in [-0.2, -0.15) is 0 Å². The highest BCUT2D eigenvalue weighted by Crippen LogP contribution is 2.64. The molecule has 4 aliphatic rings. The average molecular weight is 377 g/mol. The predicted octanol–water partition coefficient (Wildman–Crippen LogP) is 5.88. The number of hydrogen-bond donors (Lipinski definition) is 0. The highest BCUT2D eigenvalue weighted by atomic mass is 16.5. The van der Waals surface area contributed by atoms with Gasteiger partial charge in [0, 0.05) is 5.41 Å². The van der Waals surface area contributed by atoms with Crippen molar-refractivity contribution in [3.63, 3.8) is 0 Å². The van der Waals surface area contributed by atoms with Gasteiger partial charge in [0.05, 0.1) is 12.7 Å². The van der Waals surface area contributed by atoms with Crippen molar-refractivity contribution >= 4 is 5.78 Å². The first kappa shape index (κ1) is 18.4. The molecule has 148 valence electrons. The Balaban J connectivity index is 1.35. The van der Waals surface area contributed by atoms with Crippen LogP contribution in [0.3, 0.4) is 0 Å². The molecule has 0 amide bonds. The van der Waals surface area contributed by atoms with Crippen molar-refractivity contribution in [1.29, 1.82) is 0 Å². The smallest absolute Gasteiger partial charge is 0.178 e. The summed E-state index contributed by atoms with van der Waals surface area (Å²) in [6, 6.07) is 10.6. The molecule has 4 aliphatic carbocycles. The lowest BCUT2D eigenvalue weighted by Gasteiger charge is -2.56. The van der Waals surface area contributed by atoms with Gasteiger partial charge in [-0.1, -0.05) is 55.8 Å². The van der Waals surface area contributed by atoms with E-state index in [1.807, 2.05) is 12.2 Å². The molecular formula is C26H32O2. The number of ketones is 1. The second-order valence-electron chi connectivity index (χ2n) is 10.0. The third kappa shape index (κ3) is 2.76. The Hall–Kier alpha value is -1.67. The molecule has 1 aromatic carbocycles. The minimum absolute atomic E-state index is 0.0984. The number of allylic oxidation sites excluding steroid dienone is 4. The summed E-state index contributed by atoms with van der Waals surface area (Å²) in [5, 5.41) is 0. The van der Waals surface area contributed by atoms with Gasteiger partial charge in [-0.05, 0) is 79.4 Å². The van der Waals surface area contributed by atoms with E-state index in [0.29, 0.717) is 17.4 Å². The van der Waals surface area contributed by atoms with Crippen molar-refractivity contribution < 1.29 is 9.53 Å². The zero-order valence-electron chi connectivity index (χ0n) is 17.2. The van der Waals surface area contributed by atoms with E-state index >= 15 is 0 Å². The van der Waals surface area contributed by atoms with E-state index in [4.69, 9.17) is 4.74 Å². The first-order chi connectivity index (χ1) is 13.5. The Morgan fingerprint density at radius 2 is 1.86 bits per heavy atom. The van der Waals surface area contributed by atoms with Crippen LogP contribution in [0.25, 0.3) is 0 Å². The molecule has 0 heterocycles. The molecule has 1 aromatic rings. The lowest BCUT2D eigenvalue weighted by molar-refractivity contribution is -0.111. The Morgan fingerprint density at radius 3 is 2.68 bits per heavy atom. The van der Waals surface area contributed by atoms with Crippen LogP contribution >= 0.6 is 0 Å². The average Bonchev–Trinajstić information content (AvgIpc) is 3.04. The van der Waals surface area contributed by atoms with Crippen molar-refractivity contribution in [2.24, 2.45) is 28.6 Å². The van der Waals surface area contributed by atoms with Gasteiger partial charge >= 0.3 is 0 Å². The zero-order valence-corrected chi connectivity index (χ0v) is 17.2. The molecule has 5 rings (SSSR count). The molecule has 0 unspecified atom stereocenters. The first-order valence-corrected chi connectivity index (χ1v) is 11.1. The Morgan fingerprint density at radius 1 is 1.04 bits per heavy atom. The van der Waals surface area contributed by atoms with Gasteiger partial charge in [-0.25, -0.2) is 0 Å². The summed E-state index contributed by atoms with van der Waals surface area (Å²) in [6.07, 6.45) is 13.7. The molecule has 0 spiro atoms. The minimum Gasteiger partial charge on any atom is -0.373 e. The van der Waals surface area contributed by atoms with E-state index in [9.17, 15) is 4.79 Å². The lowest BCUT2D eigenvalue weighted by Crippen LogP contribution is -2.50. The van der Waals surface area contributed by atoms with Crippen molar-refractivity contribution in [2.45, 2.75) is 65.1 Å². The summed E-state index contributed by atoms with van der Waals surface area (Å²) in [5.74, 6) is 2.39. The molecule has 0 N–H and O–H groups in total. The van der Waals surface area contributed by atoms with Crippen LogP contribution in [0.2, 0.25) is 0 Å². The van der Waals surface area contributed by atoms with E-state index in [1.54, 1.807) is 0 Å². The molecule has 0 bridgehead atoms. The maximum atomic E-state index is 11.9. The van der Waals surface area contributed by atoms with Crippen LogP contribution in [0.5, 0.6) is 0 Å². The number of rotatable bonds is 3. The predicted molar refractivity (Wildman–Crippen MR) is 112 cm³/mol. The molecule has 0 radical (unpaired) electrons. The van der Waals surface area contributed by atoms with E-state index in [0.717, 1.165) is 24.9 Å².